The molecule has 7 heteroatoms. The molecular weight excluding hydrogens is 288 g/mol. The number of sulfonamides is 1. The molecule has 3 rings (SSSR count). The summed E-state index contributed by atoms with van der Waals surface area (Å²) in [5, 5.41) is 8.25. The van der Waals surface area contributed by atoms with Gasteiger partial charge in [0.2, 0.25) is 10.0 Å². The van der Waals surface area contributed by atoms with Crippen LogP contribution in [0.5, 0.6) is 0 Å². The van der Waals surface area contributed by atoms with E-state index in [0.717, 1.165) is 23.0 Å². The molecule has 1 saturated heterocycles. The van der Waals surface area contributed by atoms with Crippen LogP contribution >= 0.6 is 0 Å². The summed E-state index contributed by atoms with van der Waals surface area (Å²) in [5.74, 6) is 0. The molecule has 0 unspecified atom stereocenters. The first-order chi connectivity index (χ1) is 9.99. The summed E-state index contributed by atoms with van der Waals surface area (Å²) in [5.41, 5.74) is 3.44. The second-order valence-electron chi connectivity index (χ2n) is 5.45. The van der Waals surface area contributed by atoms with Gasteiger partial charge < -0.3 is 4.90 Å². The number of aromatic nitrogens is 2. The van der Waals surface area contributed by atoms with Gasteiger partial charge in [0.25, 0.3) is 0 Å². The molecule has 114 valence electrons. The van der Waals surface area contributed by atoms with E-state index in [-0.39, 0.29) is 0 Å². The van der Waals surface area contributed by atoms with Gasteiger partial charge in [0.05, 0.1) is 18.0 Å². The molecule has 1 aliphatic heterocycles. The van der Waals surface area contributed by atoms with Crippen LogP contribution in [0.2, 0.25) is 0 Å². The first kappa shape index (κ1) is 14.3. The molecule has 1 aromatic carbocycles. The molecule has 0 spiro atoms. The summed E-state index contributed by atoms with van der Waals surface area (Å²) in [6.07, 6.45) is 4.08. The summed E-state index contributed by atoms with van der Waals surface area (Å²) < 4.78 is 24.7. The van der Waals surface area contributed by atoms with Crippen LogP contribution in [0.4, 0.5) is 5.69 Å². The van der Waals surface area contributed by atoms with Crippen molar-refractivity contribution in [3.05, 3.63) is 23.9 Å². The molecule has 0 bridgehead atoms. The summed E-state index contributed by atoms with van der Waals surface area (Å²) >= 11 is 0. The maximum absolute atomic E-state index is 11.6. The number of rotatable bonds is 3. The van der Waals surface area contributed by atoms with Crippen LogP contribution in [-0.2, 0) is 16.4 Å². The lowest BCUT2D eigenvalue weighted by molar-refractivity contribution is 0.388. The SMILES string of the molecule is CCc1cc(N2CCN(S(C)(=O)=O)CC2)c2cn[nH]c2c1. The first-order valence-corrected chi connectivity index (χ1v) is 9.00. The van der Waals surface area contributed by atoms with Gasteiger partial charge in [-0.2, -0.15) is 9.40 Å². The van der Waals surface area contributed by atoms with Crippen molar-refractivity contribution in [3.63, 3.8) is 0 Å². The second-order valence-corrected chi connectivity index (χ2v) is 7.43. The number of anilines is 1. The van der Waals surface area contributed by atoms with Crippen molar-refractivity contribution in [3.8, 4) is 0 Å². The molecule has 0 saturated carbocycles. The number of hydrogen-bond donors (Lipinski definition) is 1. The maximum Gasteiger partial charge on any atom is 0.211 e. The maximum atomic E-state index is 11.6. The van der Waals surface area contributed by atoms with Crippen molar-refractivity contribution in [2.45, 2.75) is 13.3 Å². The highest BCUT2D eigenvalue weighted by Gasteiger charge is 2.24. The lowest BCUT2D eigenvalue weighted by Crippen LogP contribution is -2.48. The Hall–Kier alpha value is -1.60. The van der Waals surface area contributed by atoms with E-state index in [1.165, 1.54) is 11.8 Å². The monoisotopic (exact) mass is 308 g/mol. The second kappa shape index (κ2) is 5.31. The van der Waals surface area contributed by atoms with Gasteiger partial charge in [0.15, 0.2) is 0 Å². The molecule has 2 heterocycles. The van der Waals surface area contributed by atoms with Crippen molar-refractivity contribution in [2.75, 3.05) is 37.3 Å². The fourth-order valence-corrected chi connectivity index (χ4v) is 3.64. The minimum Gasteiger partial charge on any atom is -0.368 e. The largest absolute Gasteiger partial charge is 0.368 e. The average molecular weight is 308 g/mol. The zero-order valence-corrected chi connectivity index (χ0v) is 13.2. The van der Waals surface area contributed by atoms with Crippen LogP contribution in [0.3, 0.4) is 0 Å². The molecule has 0 aliphatic carbocycles. The van der Waals surface area contributed by atoms with Crippen LogP contribution < -0.4 is 4.90 Å². The van der Waals surface area contributed by atoms with Gasteiger partial charge in [-0.15, -0.1) is 0 Å². The van der Waals surface area contributed by atoms with Crippen LogP contribution in [0, 0.1) is 0 Å². The Morgan fingerprint density at radius 1 is 1.24 bits per heavy atom. The molecule has 6 nitrogen and oxygen atoms in total. The Bertz CT molecular complexity index is 745. The van der Waals surface area contributed by atoms with E-state index in [9.17, 15) is 8.42 Å². The van der Waals surface area contributed by atoms with Crippen molar-refractivity contribution >= 4 is 26.6 Å². The molecule has 1 fully saturated rings. The summed E-state index contributed by atoms with van der Waals surface area (Å²) in [6, 6.07) is 4.31. The Morgan fingerprint density at radius 3 is 2.57 bits per heavy atom. The van der Waals surface area contributed by atoms with E-state index in [0.29, 0.717) is 26.2 Å². The van der Waals surface area contributed by atoms with E-state index >= 15 is 0 Å². The smallest absolute Gasteiger partial charge is 0.211 e. The van der Waals surface area contributed by atoms with Crippen LogP contribution in [-0.4, -0.2) is 55.4 Å². The molecule has 0 atom stereocenters. The van der Waals surface area contributed by atoms with Gasteiger partial charge in [-0.05, 0) is 24.1 Å². The number of H-pyrrole nitrogens is 1. The summed E-state index contributed by atoms with van der Waals surface area (Å²) in [6.45, 7) is 4.62. The predicted molar refractivity (Wildman–Crippen MR) is 84.1 cm³/mol. The fourth-order valence-electron chi connectivity index (χ4n) is 2.82. The average Bonchev–Trinajstić information content (AvgIpc) is 2.93. The first-order valence-electron chi connectivity index (χ1n) is 7.15. The highest BCUT2D eigenvalue weighted by Crippen LogP contribution is 2.28. The third-order valence-electron chi connectivity index (χ3n) is 4.05. The molecule has 1 aliphatic rings. The quantitative estimate of drug-likeness (QED) is 0.925. The van der Waals surface area contributed by atoms with Gasteiger partial charge in [-0.3, -0.25) is 5.10 Å². The third kappa shape index (κ3) is 2.75. The molecule has 1 aromatic heterocycles. The fraction of sp³-hybridized carbons (Fsp3) is 0.500. The normalized spacial score (nSPS) is 17.5. The van der Waals surface area contributed by atoms with E-state index in [1.54, 1.807) is 4.31 Å². The third-order valence-corrected chi connectivity index (χ3v) is 5.36. The number of benzene rings is 1. The Labute approximate surface area is 124 Å². The van der Waals surface area contributed by atoms with Crippen molar-refractivity contribution in [1.82, 2.24) is 14.5 Å². The Kier molecular flexibility index (Phi) is 3.62. The van der Waals surface area contributed by atoms with Gasteiger partial charge in [-0.1, -0.05) is 6.92 Å². The highest BCUT2D eigenvalue weighted by molar-refractivity contribution is 7.88. The summed E-state index contributed by atoms with van der Waals surface area (Å²) in [7, 11) is -3.09. The van der Waals surface area contributed by atoms with Gasteiger partial charge in [0, 0.05) is 37.3 Å². The Morgan fingerprint density at radius 2 is 1.95 bits per heavy atom. The lowest BCUT2D eigenvalue weighted by Gasteiger charge is -2.35. The van der Waals surface area contributed by atoms with Crippen LogP contribution in [0.1, 0.15) is 12.5 Å². The molecule has 0 amide bonds. The number of piperazine rings is 1. The Balaban J connectivity index is 1.90. The molecular formula is C14H20N4O2S. The number of fused-ring (bicyclic) bond motifs is 1. The van der Waals surface area contributed by atoms with Crippen molar-refractivity contribution in [2.24, 2.45) is 0 Å². The molecule has 0 radical (unpaired) electrons. The van der Waals surface area contributed by atoms with Gasteiger partial charge >= 0.3 is 0 Å². The number of aromatic amines is 1. The number of hydrogen-bond acceptors (Lipinski definition) is 4. The predicted octanol–water partition coefficient (Wildman–Crippen LogP) is 1.21. The molecule has 1 N–H and O–H groups in total. The van der Waals surface area contributed by atoms with Gasteiger partial charge in [-0.25, -0.2) is 8.42 Å². The zero-order valence-electron chi connectivity index (χ0n) is 12.3. The van der Waals surface area contributed by atoms with E-state index in [2.05, 4.69) is 34.2 Å². The lowest BCUT2D eigenvalue weighted by atomic mass is 10.1. The number of nitrogens with zero attached hydrogens (tertiary/aromatic N) is 3. The van der Waals surface area contributed by atoms with Crippen LogP contribution in [0.15, 0.2) is 18.3 Å². The minimum absolute atomic E-state index is 0.536. The standard InChI is InChI=1S/C14H20N4O2S/c1-3-11-8-13-12(10-15-16-13)14(9-11)17-4-6-18(7-5-17)21(2,19)20/h8-10H,3-7H2,1-2H3,(H,15,16). The van der Waals surface area contributed by atoms with E-state index in [1.807, 2.05) is 6.20 Å². The molecule has 21 heavy (non-hydrogen) atoms. The van der Waals surface area contributed by atoms with Crippen molar-refractivity contribution < 1.29 is 8.42 Å². The van der Waals surface area contributed by atoms with E-state index in [4.69, 9.17) is 0 Å². The topological polar surface area (TPSA) is 69.3 Å². The zero-order chi connectivity index (χ0) is 15.0. The number of aryl methyl sites for hydroxylation is 1. The number of nitrogens with one attached hydrogen (secondary N) is 1. The van der Waals surface area contributed by atoms with Crippen molar-refractivity contribution in [1.29, 1.82) is 0 Å². The van der Waals surface area contributed by atoms with Gasteiger partial charge in [0.1, 0.15) is 0 Å². The minimum atomic E-state index is -3.09. The summed E-state index contributed by atoms with van der Waals surface area (Å²) in [4.78, 5) is 2.25. The highest BCUT2D eigenvalue weighted by atomic mass is 32.2. The van der Waals surface area contributed by atoms with E-state index < -0.39 is 10.0 Å². The van der Waals surface area contributed by atoms with Crippen LogP contribution in [0.25, 0.3) is 10.9 Å². The molecule has 2 aromatic rings.